The van der Waals surface area contributed by atoms with Gasteiger partial charge in [-0.1, -0.05) is 26.7 Å². The molecule has 0 aliphatic carbocycles. The van der Waals surface area contributed by atoms with Gasteiger partial charge in [-0.25, -0.2) is 0 Å². The Morgan fingerprint density at radius 2 is 2.13 bits per heavy atom. The monoisotopic (exact) mass is 324 g/mol. The van der Waals surface area contributed by atoms with Crippen molar-refractivity contribution in [3.63, 3.8) is 0 Å². The third-order valence-electron chi connectivity index (χ3n) is 4.98. The quantitative estimate of drug-likeness (QED) is 0.557. The molecule has 2 N–H and O–H groups in total. The first kappa shape index (κ1) is 18.5. The first-order valence-electron chi connectivity index (χ1n) is 9.41. The summed E-state index contributed by atoms with van der Waals surface area (Å²) >= 11 is 0. The molecule has 0 radical (unpaired) electrons. The molecule has 2 aliphatic rings. The van der Waals surface area contributed by atoms with Gasteiger partial charge in [0.25, 0.3) is 0 Å². The van der Waals surface area contributed by atoms with E-state index in [4.69, 9.17) is 4.74 Å². The van der Waals surface area contributed by atoms with E-state index in [-0.39, 0.29) is 6.10 Å². The molecule has 2 heterocycles. The average Bonchev–Trinajstić information content (AvgIpc) is 2.98. The zero-order chi connectivity index (χ0) is 16.7. The topological polar surface area (TPSA) is 48.9 Å². The van der Waals surface area contributed by atoms with Crippen molar-refractivity contribution >= 4 is 5.96 Å². The molecule has 134 valence electrons. The predicted octanol–water partition coefficient (Wildman–Crippen LogP) is 2.23. The van der Waals surface area contributed by atoms with Crippen LogP contribution in [0.2, 0.25) is 0 Å². The lowest BCUT2D eigenvalue weighted by Crippen LogP contribution is -2.52. The molecule has 5 heteroatoms. The molecule has 0 aromatic heterocycles. The van der Waals surface area contributed by atoms with Crippen LogP contribution in [0.4, 0.5) is 0 Å². The van der Waals surface area contributed by atoms with Crippen molar-refractivity contribution in [1.82, 2.24) is 15.5 Å². The standard InChI is InChI=1S/C18H36N4O/c1-14(2)7-5-8-15(3)21-18(19-4)20-11-17-12-22-10-6-9-16(22)13-23-17/h14-17H,5-13H2,1-4H3,(H2,19,20,21). The van der Waals surface area contributed by atoms with E-state index in [9.17, 15) is 0 Å². The third-order valence-corrected chi connectivity index (χ3v) is 4.98. The van der Waals surface area contributed by atoms with Crippen LogP contribution in [0.25, 0.3) is 0 Å². The highest BCUT2D eigenvalue weighted by Gasteiger charge is 2.32. The molecule has 0 spiro atoms. The molecule has 2 aliphatic heterocycles. The van der Waals surface area contributed by atoms with Gasteiger partial charge in [-0.3, -0.25) is 9.89 Å². The molecule has 0 bridgehead atoms. The Morgan fingerprint density at radius 3 is 2.87 bits per heavy atom. The molecule has 2 fully saturated rings. The largest absolute Gasteiger partial charge is 0.373 e. The Kier molecular flexibility index (Phi) is 7.63. The number of guanidine groups is 1. The average molecular weight is 325 g/mol. The maximum atomic E-state index is 6.00. The van der Waals surface area contributed by atoms with Gasteiger partial charge in [0.05, 0.1) is 12.7 Å². The number of hydrogen-bond acceptors (Lipinski definition) is 3. The number of rotatable bonds is 7. The number of fused-ring (bicyclic) bond motifs is 1. The summed E-state index contributed by atoms with van der Waals surface area (Å²) in [7, 11) is 1.84. The maximum Gasteiger partial charge on any atom is 0.191 e. The SMILES string of the molecule is CN=C(NCC1CN2CCCC2CO1)NC(C)CCCC(C)C. The van der Waals surface area contributed by atoms with Gasteiger partial charge in [0.2, 0.25) is 0 Å². The third kappa shape index (κ3) is 6.30. The number of nitrogens with one attached hydrogen (secondary N) is 2. The summed E-state index contributed by atoms with van der Waals surface area (Å²) in [6, 6.07) is 1.12. The lowest BCUT2D eigenvalue weighted by molar-refractivity contribution is -0.0453. The fraction of sp³-hybridized carbons (Fsp3) is 0.944. The van der Waals surface area contributed by atoms with E-state index in [1.54, 1.807) is 0 Å². The van der Waals surface area contributed by atoms with Gasteiger partial charge < -0.3 is 15.4 Å². The smallest absolute Gasteiger partial charge is 0.191 e. The second-order valence-electron chi connectivity index (χ2n) is 7.57. The first-order chi connectivity index (χ1) is 11.1. The number of hydrogen-bond donors (Lipinski definition) is 2. The fourth-order valence-corrected chi connectivity index (χ4v) is 3.55. The maximum absolute atomic E-state index is 6.00. The Bertz CT molecular complexity index is 372. The van der Waals surface area contributed by atoms with E-state index in [0.717, 1.165) is 31.6 Å². The van der Waals surface area contributed by atoms with Crippen molar-refractivity contribution < 1.29 is 4.74 Å². The molecule has 0 aromatic rings. The van der Waals surface area contributed by atoms with Crippen LogP contribution in [0, 0.1) is 5.92 Å². The van der Waals surface area contributed by atoms with Gasteiger partial charge in [0.15, 0.2) is 5.96 Å². The van der Waals surface area contributed by atoms with Crippen LogP contribution >= 0.6 is 0 Å². The highest BCUT2D eigenvalue weighted by Crippen LogP contribution is 2.22. The molecule has 3 atom stereocenters. The van der Waals surface area contributed by atoms with Gasteiger partial charge in [-0.15, -0.1) is 0 Å². The van der Waals surface area contributed by atoms with Crippen molar-refractivity contribution in [1.29, 1.82) is 0 Å². The van der Waals surface area contributed by atoms with Crippen LogP contribution < -0.4 is 10.6 Å². The summed E-state index contributed by atoms with van der Waals surface area (Å²) in [5.41, 5.74) is 0. The number of nitrogens with zero attached hydrogens (tertiary/aromatic N) is 2. The molecule has 3 unspecified atom stereocenters. The molecule has 5 nitrogen and oxygen atoms in total. The molecule has 0 amide bonds. The van der Waals surface area contributed by atoms with Crippen LogP contribution in [0.15, 0.2) is 4.99 Å². The summed E-state index contributed by atoms with van der Waals surface area (Å²) in [5, 5.41) is 6.93. The molecule has 23 heavy (non-hydrogen) atoms. The molecular weight excluding hydrogens is 288 g/mol. The second-order valence-corrected chi connectivity index (χ2v) is 7.57. The van der Waals surface area contributed by atoms with E-state index >= 15 is 0 Å². The molecule has 0 aromatic carbocycles. The fourth-order valence-electron chi connectivity index (χ4n) is 3.55. The number of aliphatic imine (C=N–C) groups is 1. The van der Waals surface area contributed by atoms with Crippen molar-refractivity contribution in [2.45, 2.75) is 71.1 Å². The normalized spacial score (nSPS) is 27.1. The summed E-state index contributed by atoms with van der Waals surface area (Å²) in [5.74, 6) is 1.69. The van der Waals surface area contributed by atoms with Crippen molar-refractivity contribution in [3.05, 3.63) is 0 Å². The second kappa shape index (κ2) is 9.48. The van der Waals surface area contributed by atoms with Crippen molar-refractivity contribution in [3.8, 4) is 0 Å². The Balaban J connectivity index is 1.64. The highest BCUT2D eigenvalue weighted by atomic mass is 16.5. The summed E-state index contributed by atoms with van der Waals surface area (Å²) < 4.78 is 6.00. The lowest BCUT2D eigenvalue weighted by atomic mass is 10.0. The van der Waals surface area contributed by atoms with E-state index in [2.05, 4.69) is 41.3 Å². The van der Waals surface area contributed by atoms with Gasteiger partial charge in [0.1, 0.15) is 0 Å². The Labute approximate surface area is 142 Å². The van der Waals surface area contributed by atoms with Gasteiger partial charge in [0, 0.05) is 32.2 Å². The molecular formula is C18H36N4O. The number of morpholine rings is 1. The van der Waals surface area contributed by atoms with Gasteiger partial charge >= 0.3 is 0 Å². The first-order valence-corrected chi connectivity index (χ1v) is 9.41. The highest BCUT2D eigenvalue weighted by molar-refractivity contribution is 5.79. The molecule has 2 saturated heterocycles. The number of ether oxygens (including phenoxy) is 1. The van der Waals surface area contributed by atoms with Crippen LogP contribution in [0.5, 0.6) is 0 Å². The van der Waals surface area contributed by atoms with Gasteiger partial charge in [-0.05, 0) is 38.6 Å². The van der Waals surface area contributed by atoms with Crippen molar-refractivity contribution in [2.75, 3.05) is 33.3 Å². The van der Waals surface area contributed by atoms with Crippen LogP contribution in [-0.4, -0.2) is 62.3 Å². The van der Waals surface area contributed by atoms with E-state index < -0.39 is 0 Å². The summed E-state index contributed by atoms with van der Waals surface area (Å²) in [6.07, 6.45) is 6.66. The summed E-state index contributed by atoms with van der Waals surface area (Å²) in [6.45, 7) is 10.8. The minimum atomic E-state index is 0.277. The van der Waals surface area contributed by atoms with Gasteiger partial charge in [-0.2, -0.15) is 0 Å². The molecule has 0 saturated carbocycles. The van der Waals surface area contributed by atoms with Crippen LogP contribution in [0.3, 0.4) is 0 Å². The Hall–Kier alpha value is -0.810. The predicted molar refractivity (Wildman–Crippen MR) is 97.0 cm³/mol. The van der Waals surface area contributed by atoms with Crippen LogP contribution in [-0.2, 0) is 4.74 Å². The zero-order valence-corrected chi connectivity index (χ0v) is 15.5. The Morgan fingerprint density at radius 1 is 1.30 bits per heavy atom. The lowest BCUT2D eigenvalue weighted by Gasteiger charge is -2.35. The van der Waals surface area contributed by atoms with Crippen LogP contribution in [0.1, 0.15) is 52.9 Å². The summed E-state index contributed by atoms with van der Waals surface area (Å²) in [4.78, 5) is 6.93. The zero-order valence-electron chi connectivity index (χ0n) is 15.5. The van der Waals surface area contributed by atoms with E-state index in [1.807, 2.05) is 7.05 Å². The van der Waals surface area contributed by atoms with Crippen molar-refractivity contribution in [2.24, 2.45) is 10.9 Å². The van der Waals surface area contributed by atoms with E-state index in [0.29, 0.717) is 12.1 Å². The molecule has 2 rings (SSSR count). The minimum Gasteiger partial charge on any atom is -0.373 e. The minimum absolute atomic E-state index is 0.277. The van der Waals surface area contributed by atoms with E-state index in [1.165, 1.54) is 38.6 Å².